The Morgan fingerprint density at radius 3 is 2.43 bits per heavy atom. The van der Waals surface area contributed by atoms with E-state index < -0.39 is 23.6 Å². The molecule has 0 spiro atoms. The number of carboxylic acids is 1. The lowest BCUT2D eigenvalue weighted by Gasteiger charge is -2.19. The molecule has 0 aromatic rings. The summed E-state index contributed by atoms with van der Waals surface area (Å²) in [5.41, 5.74) is -1.96. The number of methoxy groups -OCH3 is 1. The van der Waals surface area contributed by atoms with E-state index in [9.17, 15) is 14.7 Å². The molecule has 82 valence electrons. The van der Waals surface area contributed by atoms with Crippen LogP contribution in [0.15, 0.2) is 0 Å². The number of rotatable bonds is 5. The van der Waals surface area contributed by atoms with Gasteiger partial charge in [0.15, 0.2) is 5.60 Å². The second-order valence-electron chi connectivity index (χ2n) is 3.17. The van der Waals surface area contributed by atoms with E-state index in [1.165, 1.54) is 14.0 Å². The minimum Gasteiger partial charge on any atom is -0.479 e. The predicted molar refractivity (Wildman–Crippen MR) is 47.7 cm³/mol. The fraction of sp³-hybridized carbons (Fsp3) is 0.750. The Labute approximate surface area is 81.9 Å². The van der Waals surface area contributed by atoms with Gasteiger partial charge in [-0.1, -0.05) is 0 Å². The zero-order valence-electron chi connectivity index (χ0n) is 8.40. The van der Waals surface area contributed by atoms with Crippen LogP contribution in [0, 0.1) is 0 Å². The van der Waals surface area contributed by atoms with Crippen LogP contribution in [0.25, 0.3) is 0 Å². The molecular weight excluding hydrogens is 190 g/mol. The number of hydrogen-bond donors (Lipinski definition) is 3. The third kappa shape index (κ3) is 3.71. The summed E-state index contributed by atoms with van der Waals surface area (Å²) < 4.78 is 4.70. The zero-order chi connectivity index (χ0) is 11.4. The first kappa shape index (κ1) is 12.9. The van der Waals surface area contributed by atoms with Crippen LogP contribution in [0.5, 0.6) is 0 Å². The van der Waals surface area contributed by atoms with Gasteiger partial charge in [-0.2, -0.15) is 0 Å². The molecule has 14 heavy (non-hydrogen) atoms. The number of amides is 1. The number of hydrogen-bond acceptors (Lipinski definition) is 4. The number of ether oxygens (including phenoxy) is 1. The first-order valence-electron chi connectivity index (χ1n) is 4.07. The van der Waals surface area contributed by atoms with E-state index in [-0.39, 0.29) is 6.54 Å². The first-order valence-corrected chi connectivity index (χ1v) is 4.07. The molecule has 0 aromatic carbocycles. The number of aliphatic carboxylic acids is 1. The Hall–Kier alpha value is -1.14. The smallest absolute Gasteiger partial charge is 0.337 e. The largest absolute Gasteiger partial charge is 0.479 e. The van der Waals surface area contributed by atoms with E-state index in [0.29, 0.717) is 0 Å². The zero-order valence-corrected chi connectivity index (χ0v) is 8.40. The molecule has 0 aliphatic heterocycles. The van der Waals surface area contributed by atoms with Crippen molar-refractivity contribution in [3.63, 3.8) is 0 Å². The van der Waals surface area contributed by atoms with Crippen LogP contribution in [0.1, 0.15) is 13.8 Å². The van der Waals surface area contributed by atoms with Crippen molar-refractivity contribution in [1.29, 1.82) is 0 Å². The van der Waals surface area contributed by atoms with Crippen molar-refractivity contribution >= 4 is 11.9 Å². The number of nitrogens with one attached hydrogen (secondary N) is 1. The highest BCUT2D eigenvalue weighted by molar-refractivity contribution is 5.82. The van der Waals surface area contributed by atoms with Crippen molar-refractivity contribution in [2.24, 2.45) is 0 Å². The third-order valence-corrected chi connectivity index (χ3v) is 1.79. The van der Waals surface area contributed by atoms with Gasteiger partial charge >= 0.3 is 5.97 Å². The summed E-state index contributed by atoms with van der Waals surface area (Å²) in [6.07, 6.45) is -0.667. The fourth-order valence-corrected chi connectivity index (χ4v) is 0.586. The molecule has 0 aliphatic carbocycles. The second kappa shape index (κ2) is 4.92. The summed E-state index contributed by atoms with van der Waals surface area (Å²) >= 11 is 0. The first-order chi connectivity index (χ1) is 6.31. The summed E-state index contributed by atoms with van der Waals surface area (Å²) in [6.45, 7) is 2.27. The molecule has 2 atom stereocenters. The number of aliphatic hydroxyl groups is 1. The van der Waals surface area contributed by atoms with Gasteiger partial charge in [0.2, 0.25) is 5.91 Å². The molecule has 0 aromatic heterocycles. The molecule has 6 nitrogen and oxygen atoms in total. The van der Waals surface area contributed by atoms with E-state index in [1.807, 2.05) is 0 Å². The maximum Gasteiger partial charge on any atom is 0.337 e. The Morgan fingerprint density at radius 2 is 2.07 bits per heavy atom. The Bertz CT molecular complexity index is 226. The van der Waals surface area contributed by atoms with E-state index in [1.54, 1.807) is 0 Å². The van der Waals surface area contributed by atoms with Crippen LogP contribution in [-0.2, 0) is 14.3 Å². The highest BCUT2D eigenvalue weighted by Crippen LogP contribution is 2.01. The molecule has 0 radical (unpaired) electrons. The van der Waals surface area contributed by atoms with Crippen molar-refractivity contribution in [2.45, 2.75) is 25.6 Å². The van der Waals surface area contributed by atoms with Gasteiger partial charge in [0.05, 0.1) is 6.54 Å². The molecule has 0 heterocycles. The van der Waals surface area contributed by atoms with Gasteiger partial charge in [0.1, 0.15) is 6.10 Å². The molecule has 0 bridgehead atoms. The van der Waals surface area contributed by atoms with Gasteiger partial charge in [-0.3, -0.25) is 4.79 Å². The predicted octanol–water partition coefficient (Wildman–Crippen LogP) is -1.03. The van der Waals surface area contributed by atoms with Crippen LogP contribution >= 0.6 is 0 Å². The van der Waals surface area contributed by atoms with Crippen molar-refractivity contribution in [3.8, 4) is 0 Å². The minimum atomic E-state index is -1.96. The maximum absolute atomic E-state index is 11.1. The number of carbonyl (C=O) groups is 2. The van der Waals surface area contributed by atoms with E-state index in [4.69, 9.17) is 9.84 Å². The van der Waals surface area contributed by atoms with Crippen LogP contribution in [0.2, 0.25) is 0 Å². The third-order valence-electron chi connectivity index (χ3n) is 1.79. The highest BCUT2D eigenvalue weighted by atomic mass is 16.5. The Balaban J connectivity index is 4.06. The lowest BCUT2D eigenvalue weighted by Crippen LogP contribution is -2.48. The van der Waals surface area contributed by atoms with E-state index in [2.05, 4.69) is 5.32 Å². The molecular formula is C8H15NO5. The Kier molecular flexibility index (Phi) is 4.52. The quantitative estimate of drug-likeness (QED) is 0.533. The second-order valence-corrected chi connectivity index (χ2v) is 3.17. The van der Waals surface area contributed by atoms with Crippen molar-refractivity contribution in [2.75, 3.05) is 13.7 Å². The van der Waals surface area contributed by atoms with Crippen molar-refractivity contribution in [1.82, 2.24) is 5.32 Å². The summed E-state index contributed by atoms with van der Waals surface area (Å²) in [5, 5.41) is 20.0. The molecule has 0 saturated carbocycles. The minimum absolute atomic E-state index is 0.352. The van der Waals surface area contributed by atoms with Gasteiger partial charge in [-0.15, -0.1) is 0 Å². The maximum atomic E-state index is 11.1. The highest BCUT2D eigenvalue weighted by Gasteiger charge is 2.30. The lowest BCUT2D eigenvalue weighted by atomic mass is 10.1. The summed E-state index contributed by atoms with van der Waals surface area (Å²) in [6, 6.07) is 0. The van der Waals surface area contributed by atoms with E-state index >= 15 is 0 Å². The fourth-order valence-electron chi connectivity index (χ4n) is 0.586. The van der Waals surface area contributed by atoms with Crippen LogP contribution in [-0.4, -0.2) is 47.4 Å². The van der Waals surface area contributed by atoms with Crippen molar-refractivity contribution in [3.05, 3.63) is 0 Å². The van der Waals surface area contributed by atoms with Gasteiger partial charge in [-0.25, -0.2) is 4.79 Å². The molecule has 0 rings (SSSR count). The van der Waals surface area contributed by atoms with Gasteiger partial charge in [0.25, 0.3) is 0 Å². The molecule has 0 saturated heterocycles. The standard InChI is InChI=1S/C8H15NO5/c1-5(14-3)6(10)9-4-8(2,13)7(11)12/h5,13H,4H2,1-3H3,(H,9,10)(H,11,12). The summed E-state index contributed by atoms with van der Waals surface area (Å²) in [7, 11) is 1.36. The Morgan fingerprint density at radius 1 is 1.57 bits per heavy atom. The van der Waals surface area contributed by atoms with Gasteiger partial charge < -0.3 is 20.3 Å². The van der Waals surface area contributed by atoms with Crippen LogP contribution in [0.4, 0.5) is 0 Å². The van der Waals surface area contributed by atoms with Gasteiger partial charge in [-0.05, 0) is 13.8 Å². The van der Waals surface area contributed by atoms with Crippen LogP contribution < -0.4 is 5.32 Å². The molecule has 3 N–H and O–H groups in total. The van der Waals surface area contributed by atoms with E-state index in [0.717, 1.165) is 6.92 Å². The average Bonchev–Trinajstić information content (AvgIpc) is 2.12. The topological polar surface area (TPSA) is 95.9 Å². The molecule has 6 heteroatoms. The average molecular weight is 205 g/mol. The summed E-state index contributed by atoms with van der Waals surface area (Å²) in [4.78, 5) is 21.5. The van der Waals surface area contributed by atoms with Gasteiger partial charge in [0, 0.05) is 7.11 Å². The summed E-state index contributed by atoms with van der Waals surface area (Å²) in [5.74, 6) is -1.85. The SMILES string of the molecule is COC(C)C(=O)NCC(C)(O)C(=O)O. The van der Waals surface area contributed by atoms with Crippen molar-refractivity contribution < 1.29 is 24.5 Å². The molecule has 0 aliphatic rings. The number of carboxylic acid groups (broad SMARTS) is 1. The molecule has 1 amide bonds. The monoisotopic (exact) mass is 205 g/mol. The normalized spacial score (nSPS) is 16.9. The molecule has 2 unspecified atom stereocenters. The lowest BCUT2D eigenvalue weighted by molar-refractivity contribution is -0.156. The molecule has 0 fully saturated rings. The van der Waals surface area contributed by atoms with Crippen LogP contribution in [0.3, 0.4) is 0 Å². The number of carbonyl (C=O) groups excluding carboxylic acids is 1.